The molecule has 2 aliphatic rings. The molecule has 1 aromatic carbocycles. The zero-order chi connectivity index (χ0) is 22.3. The van der Waals surface area contributed by atoms with Crippen molar-refractivity contribution in [1.82, 2.24) is 9.21 Å². The van der Waals surface area contributed by atoms with Gasteiger partial charge in [-0.2, -0.15) is 4.31 Å². The number of fused-ring (bicyclic) bond motifs is 2. The number of nitro benzene ring substituents is 1. The minimum Gasteiger partial charge on any atom is -0.450 e. The molecule has 0 radical (unpaired) electrons. The molecule has 1 amide bonds. The molecule has 3 rings (SSSR count). The topological polar surface area (TPSA) is 110 Å². The van der Waals surface area contributed by atoms with E-state index in [2.05, 4.69) is 19.6 Å². The molecule has 2 fully saturated rings. The second-order valence-electron chi connectivity index (χ2n) is 9.27. The third-order valence-electron chi connectivity index (χ3n) is 5.91. The van der Waals surface area contributed by atoms with Crippen LogP contribution in [0.3, 0.4) is 0 Å². The number of hydrogen-bond acceptors (Lipinski definition) is 6. The summed E-state index contributed by atoms with van der Waals surface area (Å²) in [5, 5.41) is 11.3. The van der Waals surface area contributed by atoms with Crippen LogP contribution in [0.15, 0.2) is 29.2 Å². The zero-order valence-corrected chi connectivity index (χ0v) is 19.6. The third kappa shape index (κ3) is 4.52. The number of amides is 1. The molecule has 2 saturated heterocycles. The first-order valence-corrected chi connectivity index (χ1v) is 15.2. The van der Waals surface area contributed by atoms with Crippen molar-refractivity contribution in [3.8, 4) is 0 Å². The number of para-hydroxylation sites is 1. The van der Waals surface area contributed by atoms with E-state index in [-0.39, 0.29) is 36.0 Å². The van der Waals surface area contributed by atoms with Crippen molar-refractivity contribution in [2.24, 2.45) is 5.92 Å². The Hall–Kier alpha value is -1.98. The maximum Gasteiger partial charge on any atom is 0.410 e. The van der Waals surface area contributed by atoms with Crippen LogP contribution < -0.4 is 0 Å². The molecule has 0 saturated carbocycles. The van der Waals surface area contributed by atoms with Crippen LogP contribution in [0.4, 0.5) is 10.5 Å². The molecule has 0 aromatic heterocycles. The number of ether oxygens (including phenoxy) is 1. The molecule has 3 atom stereocenters. The summed E-state index contributed by atoms with van der Waals surface area (Å²) < 4.78 is 33.2. The Morgan fingerprint density at radius 1 is 1.27 bits per heavy atom. The molecule has 2 bridgehead atoms. The van der Waals surface area contributed by atoms with Crippen LogP contribution in [0.2, 0.25) is 25.7 Å². The van der Waals surface area contributed by atoms with E-state index in [4.69, 9.17) is 4.74 Å². The van der Waals surface area contributed by atoms with Crippen molar-refractivity contribution in [2.75, 3.05) is 19.7 Å². The van der Waals surface area contributed by atoms with Gasteiger partial charge < -0.3 is 9.64 Å². The number of likely N-dealkylation sites (tertiary alicyclic amines) is 1. The van der Waals surface area contributed by atoms with E-state index in [1.54, 1.807) is 4.90 Å². The lowest BCUT2D eigenvalue weighted by molar-refractivity contribution is -0.387. The molecule has 9 nitrogen and oxygen atoms in total. The van der Waals surface area contributed by atoms with Crippen LogP contribution in [-0.4, -0.2) is 68.5 Å². The molecule has 0 unspecified atom stereocenters. The maximum absolute atomic E-state index is 13.2. The van der Waals surface area contributed by atoms with Crippen molar-refractivity contribution in [3.05, 3.63) is 34.4 Å². The van der Waals surface area contributed by atoms with Gasteiger partial charge in [-0.25, -0.2) is 13.2 Å². The number of sulfonamides is 1. The monoisotopic (exact) mass is 455 g/mol. The molecule has 1 aromatic rings. The van der Waals surface area contributed by atoms with Crippen LogP contribution in [0.25, 0.3) is 0 Å². The average molecular weight is 456 g/mol. The lowest BCUT2D eigenvalue weighted by Gasteiger charge is -2.31. The Morgan fingerprint density at radius 2 is 1.93 bits per heavy atom. The molecule has 0 spiro atoms. The summed E-state index contributed by atoms with van der Waals surface area (Å²) in [5.74, 6) is -0.0363. The Kier molecular flexibility index (Phi) is 6.26. The van der Waals surface area contributed by atoms with Gasteiger partial charge in [-0.15, -0.1) is 0 Å². The number of piperidine rings is 1. The molecule has 166 valence electrons. The normalized spacial score (nSPS) is 24.7. The molecule has 2 heterocycles. The van der Waals surface area contributed by atoms with Crippen LogP contribution in [0.1, 0.15) is 13.3 Å². The summed E-state index contributed by atoms with van der Waals surface area (Å²) in [6, 6.07) is 5.79. The highest BCUT2D eigenvalue weighted by molar-refractivity contribution is 7.89. The van der Waals surface area contributed by atoms with E-state index in [0.717, 1.165) is 6.04 Å². The standard InChI is InChI=1S/C19H29N3O6SSi/c1-14-15-11-16(21(14)19(23)28-9-10-30(2,3)4)13-20(12-15)29(26,27)18-8-6-5-7-17(18)22(24)25/h5-8,14-16H,9-13H2,1-4H3/t14-,15-,16+/m0/s1. The van der Waals surface area contributed by atoms with Gasteiger partial charge in [0.1, 0.15) is 0 Å². The Bertz CT molecular complexity index is 932. The molecule has 0 aliphatic carbocycles. The quantitative estimate of drug-likeness (QED) is 0.370. The van der Waals surface area contributed by atoms with Crippen LogP contribution in [-0.2, 0) is 14.8 Å². The van der Waals surface area contributed by atoms with Crippen molar-refractivity contribution < 1.29 is 22.9 Å². The van der Waals surface area contributed by atoms with Gasteiger partial charge in [0.25, 0.3) is 5.69 Å². The van der Waals surface area contributed by atoms with E-state index in [1.165, 1.54) is 28.6 Å². The van der Waals surface area contributed by atoms with Gasteiger partial charge in [0.2, 0.25) is 10.0 Å². The fourth-order valence-corrected chi connectivity index (χ4v) is 6.58. The van der Waals surface area contributed by atoms with E-state index in [0.29, 0.717) is 13.0 Å². The molecular formula is C19H29N3O6SSi. The summed E-state index contributed by atoms with van der Waals surface area (Å²) in [4.78, 5) is 24.7. The molecule has 30 heavy (non-hydrogen) atoms. The van der Waals surface area contributed by atoms with Crippen LogP contribution >= 0.6 is 0 Å². The van der Waals surface area contributed by atoms with Gasteiger partial charge in [-0.05, 0) is 31.4 Å². The van der Waals surface area contributed by atoms with Crippen molar-refractivity contribution in [2.45, 2.75) is 56.0 Å². The molecular weight excluding hydrogens is 426 g/mol. The molecule has 11 heteroatoms. The van der Waals surface area contributed by atoms with E-state index < -0.39 is 34.8 Å². The number of benzene rings is 1. The van der Waals surface area contributed by atoms with Crippen molar-refractivity contribution in [1.29, 1.82) is 0 Å². The lowest BCUT2D eigenvalue weighted by atomic mass is 9.97. The first-order valence-electron chi connectivity index (χ1n) is 10.1. The number of hydrogen-bond donors (Lipinski definition) is 0. The lowest BCUT2D eigenvalue weighted by Crippen LogP contribution is -2.47. The van der Waals surface area contributed by atoms with Crippen LogP contribution in [0.5, 0.6) is 0 Å². The van der Waals surface area contributed by atoms with Gasteiger partial charge in [0.05, 0.1) is 11.5 Å². The highest BCUT2D eigenvalue weighted by atomic mass is 32.2. The van der Waals surface area contributed by atoms with E-state index >= 15 is 0 Å². The molecule has 0 N–H and O–H groups in total. The fraction of sp³-hybridized carbons (Fsp3) is 0.632. The zero-order valence-electron chi connectivity index (χ0n) is 17.8. The first kappa shape index (κ1) is 22.7. The second-order valence-corrected chi connectivity index (χ2v) is 16.8. The summed E-state index contributed by atoms with van der Waals surface area (Å²) in [6.45, 7) is 9.23. The van der Waals surface area contributed by atoms with E-state index in [9.17, 15) is 23.3 Å². The summed E-state index contributed by atoms with van der Waals surface area (Å²) in [7, 11) is -5.39. The minimum atomic E-state index is -4.05. The predicted octanol–water partition coefficient (Wildman–Crippen LogP) is 3.15. The number of rotatable bonds is 6. The van der Waals surface area contributed by atoms with Gasteiger partial charge >= 0.3 is 6.09 Å². The highest BCUT2D eigenvalue weighted by Gasteiger charge is 2.49. The van der Waals surface area contributed by atoms with E-state index in [1.807, 2.05) is 6.92 Å². The van der Waals surface area contributed by atoms with Crippen molar-refractivity contribution >= 4 is 29.9 Å². The Balaban J connectivity index is 1.77. The SMILES string of the molecule is C[C@H]1[C@H]2C[C@H](CN(S(=O)(=O)c3ccccc3[N+](=O)[O-])C2)N1C(=O)OCC[Si](C)(C)C. The second kappa shape index (κ2) is 8.27. The Morgan fingerprint density at radius 3 is 2.57 bits per heavy atom. The number of nitro groups is 1. The number of carbonyl (C=O) groups is 1. The Labute approximate surface area is 178 Å². The van der Waals surface area contributed by atoms with Crippen molar-refractivity contribution in [3.63, 3.8) is 0 Å². The van der Waals surface area contributed by atoms with Gasteiger partial charge in [-0.1, -0.05) is 31.8 Å². The number of carbonyl (C=O) groups excluding carboxylic acids is 1. The predicted molar refractivity (Wildman–Crippen MR) is 115 cm³/mol. The van der Waals surface area contributed by atoms with Gasteiger partial charge in [0.15, 0.2) is 4.90 Å². The highest BCUT2D eigenvalue weighted by Crippen LogP contribution is 2.38. The molecule has 2 aliphatic heterocycles. The summed E-state index contributed by atoms with van der Waals surface area (Å²) in [5.41, 5.74) is -0.439. The fourth-order valence-electron chi connectivity index (χ4n) is 4.18. The minimum absolute atomic E-state index is 0.0363. The summed E-state index contributed by atoms with van der Waals surface area (Å²) >= 11 is 0. The third-order valence-corrected chi connectivity index (χ3v) is 9.49. The smallest absolute Gasteiger partial charge is 0.410 e. The average Bonchev–Trinajstić information content (AvgIpc) is 2.88. The van der Waals surface area contributed by atoms with Gasteiger partial charge in [-0.3, -0.25) is 10.1 Å². The number of nitrogens with zero attached hydrogens (tertiary/aromatic N) is 3. The summed E-state index contributed by atoms with van der Waals surface area (Å²) in [6.07, 6.45) is 0.297. The van der Waals surface area contributed by atoms with Crippen LogP contribution in [0, 0.1) is 16.0 Å². The largest absolute Gasteiger partial charge is 0.450 e. The maximum atomic E-state index is 13.2. The van der Waals surface area contributed by atoms with Gasteiger partial charge in [0, 0.05) is 39.3 Å². The first-order chi connectivity index (χ1) is 13.9.